The van der Waals surface area contributed by atoms with Crippen LogP contribution in [0.5, 0.6) is 0 Å². The second-order valence-electron chi connectivity index (χ2n) is 4.60. The molecule has 1 heterocycles. The fourth-order valence-electron chi connectivity index (χ4n) is 2.11. The van der Waals surface area contributed by atoms with E-state index in [-0.39, 0.29) is 16.7 Å². The van der Waals surface area contributed by atoms with Gasteiger partial charge in [-0.3, -0.25) is 0 Å². The summed E-state index contributed by atoms with van der Waals surface area (Å²) in [5, 5.41) is 3.06. The number of alkyl halides is 3. The van der Waals surface area contributed by atoms with E-state index in [4.69, 9.17) is 0 Å². The highest BCUT2D eigenvalue weighted by Gasteiger charge is 2.31. The molecule has 3 nitrogen and oxygen atoms in total. The first-order valence-corrected chi connectivity index (χ1v) is 7.58. The van der Waals surface area contributed by atoms with Gasteiger partial charge in [0.1, 0.15) is 0 Å². The molecule has 1 atom stereocenters. The molecule has 1 fully saturated rings. The van der Waals surface area contributed by atoms with Crippen molar-refractivity contribution in [1.82, 2.24) is 5.32 Å². The lowest BCUT2D eigenvalue weighted by molar-refractivity contribution is -0.137. The third-order valence-electron chi connectivity index (χ3n) is 3.12. The van der Waals surface area contributed by atoms with Crippen molar-refractivity contribution in [2.75, 3.05) is 12.3 Å². The molecule has 0 radical (unpaired) electrons. The third kappa shape index (κ3) is 3.48. The van der Waals surface area contributed by atoms with Crippen molar-refractivity contribution in [1.29, 1.82) is 0 Å². The molecule has 1 unspecified atom stereocenters. The summed E-state index contributed by atoms with van der Waals surface area (Å²) in [6.07, 6.45) is -2.75. The molecular formula is C12H14F3NO2S. The monoisotopic (exact) mass is 293 g/mol. The van der Waals surface area contributed by atoms with Crippen LogP contribution in [0.3, 0.4) is 0 Å². The van der Waals surface area contributed by atoms with Crippen molar-refractivity contribution in [2.24, 2.45) is 0 Å². The molecule has 0 aliphatic carbocycles. The highest BCUT2D eigenvalue weighted by molar-refractivity contribution is 7.91. The first-order chi connectivity index (χ1) is 8.79. The van der Waals surface area contributed by atoms with Gasteiger partial charge in [0, 0.05) is 6.04 Å². The molecule has 0 saturated carbocycles. The number of rotatable bonds is 3. The zero-order chi connectivity index (χ0) is 14.1. The molecule has 0 bridgehead atoms. The molecule has 1 aromatic carbocycles. The summed E-state index contributed by atoms with van der Waals surface area (Å²) in [4.78, 5) is -0.0609. The first kappa shape index (κ1) is 14.3. The van der Waals surface area contributed by atoms with E-state index in [1.54, 1.807) is 0 Å². The Morgan fingerprint density at radius 2 is 1.84 bits per heavy atom. The molecule has 2 rings (SSSR count). The number of nitrogens with one attached hydrogen (secondary N) is 1. The third-order valence-corrected chi connectivity index (χ3v) is 4.96. The van der Waals surface area contributed by atoms with Gasteiger partial charge in [-0.25, -0.2) is 8.42 Å². The Morgan fingerprint density at radius 1 is 1.21 bits per heavy atom. The van der Waals surface area contributed by atoms with Crippen LogP contribution in [0.15, 0.2) is 29.2 Å². The molecule has 7 heteroatoms. The lowest BCUT2D eigenvalue weighted by atomic mass is 10.2. The van der Waals surface area contributed by atoms with E-state index in [2.05, 4.69) is 5.32 Å². The van der Waals surface area contributed by atoms with Gasteiger partial charge < -0.3 is 5.32 Å². The van der Waals surface area contributed by atoms with E-state index in [0.717, 1.165) is 43.7 Å². The Morgan fingerprint density at radius 3 is 2.32 bits per heavy atom. The van der Waals surface area contributed by atoms with Crippen molar-refractivity contribution in [3.8, 4) is 0 Å². The van der Waals surface area contributed by atoms with Crippen molar-refractivity contribution in [3.63, 3.8) is 0 Å². The van der Waals surface area contributed by atoms with Crippen molar-refractivity contribution in [2.45, 2.75) is 30.0 Å². The Balaban J connectivity index is 2.16. The van der Waals surface area contributed by atoms with Crippen molar-refractivity contribution < 1.29 is 21.6 Å². The standard InChI is InChI=1S/C12H14F3NO2S/c13-12(14,15)9-3-5-11(6-4-9)19(17,18)8-10-2-1-7-16-10/h3-6,10,16H,1-2,7-8H2. The Labute approximate surface area is 109 Å². The van der Waals surface area contributed by atoms with E-state index < -0.39 is 21.6 Å². The molecule has 19 heavy (non-hydrogen) atoms. The minimum atomic E-state index is -4.45. The zero-order valence-corrected chi connectivity index (χ0v) is 10.9. The van der Waals surface area contributed by atoms with E-state index in [1.807, 2.05) is 0 Å². The van der Waals surface area contributed by atoms with Gasteiger partial charge in [-0.2, -0.15) is 13.2 Å². The summed E-state index contributed by atoms with van der Waals surface area (Å²) >= 11 is 0. The summed E-state index contributed by atoms with van der Waals surface area (Å²) in [6, 6.07) is 3.54. The van der Waals surface area contributed by atoms with Crippen LogP contribution in [0.4, 0.5) is 13.2 Å². The summed E-state index contributed by atoms with van der Waals surface area (Å²) < 4.78 is 61.2. The second-order valence-corrected chi connectivity index (χ2v) is 6.63. The predicted molar refractivity (Wildman–Crippen MR) is 64.5 cm³/mol. The zero-order valence-electron chi connectivity index (χ0n) is 10.1. The quantitative estimate of drug-likeness (QED) is 0.929. The first-order valence-electron chi connectivity index (χ1n) is 5.92. The molecule has 0 spiro atoms. The Kier molecular flexibility index (Phi) is 3.87. The molecular weight excluding hydrogens is 279 g/mol. The highest BCUT2D eigenvalue weighted by Crippen LogP contribution is 2.30. The minimum absolute atomic E-state index is 0.0609. The van der Waals surface area contributed by atoms with Crippen LogP contribution in [0, 0.1) is 0 Å². The number of benzene rings is 1. The Hall–Kier alpha value is -1.08. The molecule has 106 valence electrons. The van der Waals surface area contributed by atoms with Crippen LogP contribution < -0.4 is 5.32 Å². The van der Waals surface area contributed by atoms with Gasteiger partial charge in [0.2, 0.25) is 0 Å². The molecule has 1 aromatic rings. The summed E-state index contributed by atoms with van der Waals surface area (Å²) in [5.74, 6) is -0.0711. The highest BCUT2D eigenvalue weighted by atomic mass is 32.2. The number of halogens is 3. The Bertz CT molecular complexity index is 531. The topological polar surface area (TPSA) is 46.2 Å². The van der Waals surface area contributed by atoms with Gasteiger partial charge in [0.15, 0.2) is 9.84 Å². The maximum Gasteiger partial charge on any atom is 0.416 e. The van der Waals surface area contributed by atoms with Crippen LogP contribution in [0.25, 0.3) is 0 Å². The minimum Gasteiger partial charge on any atom is -0.313 e. The van der Waals surface area contributed by atoms with Crippen molar-refractivity contribution in [3.05, 3.63) is 29.8 Å². The maximum atomic E-state index is 12.4. The number of hydrogen-bond acceptors (Lipinski definition) is 3. The number of hydrogen-bond donors (Lipinski definition) is 1. The molecule has 0 amide bonds. The average Bonchev–Trinajstić information content (AvgIpc) is 2.80. The molecule has 1 aliphatic heterocycles. The van der Waals surface area contributed by atoms with Crippen molar-refractivity contribution >= 4 is 9.84 Å². The van der Waals surface area contributed by atoms with Gasteiger partial charge in [0.05, 0.1) is 16.2 Å². The summed E-state index contributed by atoms with van der Waals surface area (Å²) in [6.45, 7) is 0.785. The van der Waals surface area contributed by atoms with Gasteiger partial charge in [-0.15, -0.1) is 0 Å². The smallest absolute Gasteiger partial charge is 0.313 e. The van der Waals surface area contributed by atoms with Gasteiger partial charge in [-0.1, -0.05) is 0 Å². The average molecular weight is 293 g/mol. The second kappa shape index (κ2) is 5.13. The fraction of sp³-hybridized carbons (Fsp3) is 0.500. The normalized spacial score (nSPS) is 20.7. The van der Waals surface area contributed by atoms with Crippen LogP contribution in [0.1, 0.15) is 18.4 Å². The van der Waals surface area contributed by atoms with E-state index in [9.17, 15) is 21.6 Å². The fourth-order valence-corrected chi connectivity index (χ4v) is 3.67. The van der Waals surface area contributed by atoms with Crippen LogP contribution in [-0.2, 0) is 16.0 Å². The predicted octanol–water partition coefficient (Wildman–Crippen LogP) is 2.23. The lowest BCUT2D eigenvalue weighted by Crippen LogP contribution is -2.29. The van der Waals surface area contributed by atoms with Gasteiger partial charge in [-0.05, 0) is 43.7 Å². The van der Waals surface area contributed by atoms with Gasteiger partial charge in [0.25, 0.3) is 0 Å². The maximum absolute atomic E-state index is 12.4. The van der Waals surface area contributed by atoms with E-state index in [1.165, 1.54) is 0 Å². The summed E-state index contributed by atoms with van der Waals surface area (Å²) in [7, 11) is -3.54. The lowest BCUT2D eigenvalue weighted by Gasteiger charge is -2.12. The van der Waals surface area contributed by atoms with E-state index >= 15 is 0 Å². The molecule has 1 aliphatic rings. The van der Waals surface area contributed by atoms with E-state index in [0.29, 0.717) is 0 Å². The van der Waals surface area contributed by atoms with Crippen LogP contribution >= 0.6 is 0 Å². The number of sulfone groups is 1. The van der Waals surface area contributed by atoms with Crippen LogP contribution in [0.2, 0.25) is 0 Å². The molecule has 0 aromatic heterocycles. The van der Waals surface area contributed by atoms with Crippen LogP contribution in [-0.4, -0.2) is 26.8 Å². The molecule has 1 N–H and O–H groups in total. The summed E-state index contributed by atoms with van der Waals surface area (Å²) in [5.41, 5.74) is -0.842. The molecule has 1 saturated heterocycles. The van der Waals surface area contributed by atoms with Gasteiger partial charge >= 0.3 is 6.18 Å². The SMILES string of the molecule is O=S(=O)(CC1CCCN1)c1ccc(C(F)(F)F)cc1. The largest absolute Gasteiger partial charge is 0.416 e.